The molecule has 1 rings (SSSR count). The van der Waals surface area contributed by atoms with Crippen LogP contribution in [0.5, 0.6) is 0 Å². The lowest BCUT2D eigenvalue weighted by atomic mass is 9.74. The van der Waals surface area contributed by atoms with Crippen LogP contribution in [0.15, 0.2) is 30.3 Å². The zero-order valence-corrected chi connectivity index (χ0v) is 19.9. The first kappa shape index (κ1) is 28.1. The fourth-order valence-electron chi connectivity index (χ4n) is 4.55. The molecule has 1 atom stereocenters. The Hall–Kier alpha value is -0.860. The molecule has 29 heavy (non-hydrogen) atoms. The lowest BCUT2D eigenvalue weighted by Gasteiger charge is -2.36. The molecule has 0 radical (unpaired) electrons. The van der Waals surface area contributed by atoms with Crippen LogP contribution in [-0.4, -0.2) is 11.0 Å². The highest BCUT2D eigenvalue weighted by Gasteiger charge is 2.30. The molecule has 170 valence electrons. The lowest BCUT2D eigenvalue weighted by Crippen LogP contribution is -2.47. The topological polar surface area (TPSA) is 57.5 Å². The second kappa shape index (κ2) is 18.0. The predicted molar refractivity (Wildman–Crippen MR) is 130 cm³/mol. The molecule has 0 saturated heterocycles. The monoisotopic (exact) mass is 405 g/mol. The zero-order valence-electron chi connectivity index (χ0n) is 19.9. The van der Waals surface area contributed by atoms with Crippen molar-refractivity contribution in [2.24, 2.45) is 11.7 Å². The van der Waals surface area contributed by atoms with E-state index >= 15 is 0 Å². The minimum Gasteiger partial charge on any atom is -0.412 e. The van der Waals surface area contributed by atoms with Crippen LogP contribution in [-0.2, 0) is 6.42 Å². The van der Waals surface area contributed by atoms with Gasteiger partial charge in [-0.05, 0) is 37.2 Å². The van der Waals surface area contributed by atoms with E-state index in [4.69, 9.17) is 5.73 Å². The van der Waals surface area contributed by atoms with Gasteiger partial charge < -0.3 is 11.2 Å². The minimum atomic E-state index is -0.00633. The van der Waals surface area contributed by atoms with Gasteiger partial charge >= 0.3 is 0 Å². The fourth-order valence-corrected chi connectivity index (χ4v) is 4.55. The van der Waals surface area contributed by atoms with Gasteiger partial charge in [-0.2, -0.15) is 0 Å². The van der Waals surface area contributed by atoms with Crippen molar-refractivity contribution in [2.75, 3.05) is 0 Å². The van der Waals surface area contributed by atoms with E-state index < -0.39 is 0 Å². The van der Waals surface area contributed by atoms with E-state index in [-0.39, 0.29) is 11.0 Å². The molecule has 1 unspecified atom stereocenters. The Kier molecular flexibility index (Phi) is 17.4. The highest BCUT2D eigenvalue weighted by molar-refractivity contribution is 5.16. The van der Waals surface area contributed by atoms with Gasteiger partial charge in [-0.25, -0.2) is 0 Å². The Morgan fingerprint density at radius 3 is 1.59 bits per heavy atom. The summed E-state index contributed by atoms with van der Waals surface area (Å²) in [6, 6.07) is 11.0. The van der Waals surface area contributed by atoms with E-state index in [0.29, 0.717) is 5.92 Å². The first-order chi connectivity index (χ1) is 13.7. The van der Waals surface area contributed by atoms with Gasteiger partial charge in [-0.15, -0.1) is 0 Å². The van der Waals surface area contributed by atoms with Gasteiger partial charge in [-0.3, -0.25) is 0 Å². The van der Waals surface area contributed by atoms with Crippen molar-refractivity contribution in [2.45, 2.75) is 129 Å². The van der Waals surface area contributed by atoms with Gasteiger partial charge in [0.15, 0.2) is 0 Å². The summed E-state index contributed by atoms with van der Waals surface area (Å²) in [4.78, 5) is 0. The average Bonchev–Trinajstić information content (AvgIpc) is 2.73. The molecular formula is C27H51NO. The van der Waals surface area contributed by atoms with Crippen LogP contribution in [0, 0.1) is 5.92 Å². The van der Waals surface area contributed by atoms with Crippen LogP contribution in [0.1, 0.15) is 123 Å². The van der Waals surface area contributed by atoms with Crippen LogP contribution in [0.25, 0.3) is 0 Å². The van der Waals surface area contributed by atoms with E-state index in [2.05, 4.69) is 51.1 Å². The molecule has 0 spiro atoms. The van der Waals surface area contributed by atoms with Gasteiger partial charge in [-0.1, -0.05) is 128 Å². The fraction of sp³-hybridized carbons (Fsp3) is 0.778. The largest absolute Gasteiger partial charge is 0.412 e. The lowest BCUT2D eigenvalue weighted by molar-refractivity contribution is 0.229. The third-order valence-electron chi connectivity index (χ3n) is 6.86. The van der Waals surface area contributed by atoms with Gasteiger partial charge in [0.05, 0.1) is 0 Å². The number of hydrogen-bond donors (Lipinski definition) is 1. The Morgan fingerprint density at radius 1 is 0.690 bits per heavy atom. The molecule has 1 aromatic carbocycles. The summed E-state index contributed by atoms with van der Waals surface area (Å²) >= 11 is 0. The molecule has 0 aliphatic carbocycles. The summed E-state index contributed by atoms with van der Waals surface area (Å²) in [6.45, 7) is 6.83. The molecule has 0 aliphatic rings. The third kappa shape index (κ3) is 12.4. The van der Waals surface area contributed by atoms with Crippen LogP contribution >= 0.6 is 0 Å². The molecule has 0 heterocycles. The Bertz CT molecular complexity index is 455. The van der Waals surface area contributed by atoms with Crippen LogP contribution in [0.4, 0.5) is 0 Å². The number of unbranched alkanes of at least 4 members (excludes halogenated alkanes) is 11. The summed E-state index contributed by atoms with van der Waals surface area (Å²) in [7, 11) is 0. The van der Waals surface area contributed by atoms with Crippen molar-refractivity contribution in [3.8, 4) is 0 Å². The van der Waals surface area contributed by atoms with Gasteiger partial charge in [0.25, 0.3) is 0 Å². The Morgan fingerprint density at radius 2 is 1.14 bits per heavy atom. The molecule has 1 aromatic rings. The number of benzene rings is 1. The summed E-state index contributed by atoms with van der Waals surface area (Å²) in [5.74, 6) is 0.605. The van der Waals surface area contributed by atoms with Crippen LogP contribution in [0.2, 0.25) is 0 Å². The highest BCUT2D eigenvalue weighted by atomic mass is 16.0. The molecular weight excluding hydrogens is 354 g/mol. The molecule has 0 aliphatic heterocycles. The van der Waals surface area contributed by atoms with Crippen LogP contribution in [0.3, 0.4) is 0 Å². The van der Waals surface area contributed by atoms with Crippen molar-refractivity contribution in [3.05, 3.63) is 35.9 Å². The summed E-state index contributed by atoms with van der Waals surface area (Å²) in [6.07, 6.45) is 21.6. The van der Waals surface area contributed by atoms with E-state index in [9.17, 15) is 0 Å². The second-order valence-electron chi connectivity index (χ2n) is 9.00. The number of rotatable bonds is 18. The van der Waals surface area contributed by atoms with Gasteiger partial charge in [0.2, 0.25) is 0 Å². The average molecular weight is 406 g/mol. The number of hydrogen-bond acceptors (Lipinski definition) is 1. The molecule has 0 fully saturated rings. The molecule has 0 amide bonds. The summed E-state index contributed by atoms with van der Waals surface area (Å²) in [5, 5.41) is 0. The standard InChI is InChI=1S/C27H49N.H2O/c1-4-7-8-9-10-11-12-13-14-15-16-20-23-26(27(28,5-2)6-3)24-25-21-18-17-19-22-25;/h17-19,21-22,26H,4-16,20,23-24,28H2,1-3H3;1H2. The molecule has 2 heteroatoms. The van der Waals surface area contributed by atoms with Crippen molar-refractivity contribution < 1.29 is 5.48 Å². The van der Waals surface area contributed by atoms with Crippen molar-refractivity contribution in [1.82, 2.24) is 0 Å². The summed E-state index contributed by atoms with van der Waals surface area (Å²) < 4.78 is 0. The quantitative estimate of drug-likeness (QED) is 0.251. The smallest absolute Gasteiger partial charge is 0.0180 e. The SMILES string of the molecule is CCCCCCCCCCCCCCC(Cc1ccccc1)C(N)(CC)CC.O. The first-order valence-electron chi connectivity index (χ1n) is 12.5. The van der Waals surface area contributed by atoms with E-state index in [1.165, 1.54) is 89.0 Å². The molecule has 0 aromatic heterocycles. The third-order valence-corrected chi connectivity index (χ3v) is 6.86. The number of nitrogens with two attached hydrogens (primary N) is 1. The maximum Gasteiger partial charge on any atom is 0.0180 e. The molecule has 0 bridgehead atoms. The molecule has 0 saturated carbocycles. The molecule has 4 N–H and O–H groups in total. The maximum atomic E-state index is 6.83. The van der Waals surface area contributed by atoms with Gasteiger partial charge in [0, 0.05) is 5.54 Å². The molecule has 2 nitrogen and oxygen atoms in total. The van der Waals surface area contributed by atoms with Crippen molar-refractivity contribution in [1.29, 1.82) is 0 Å². The Labute approximate surface area is 182 Å². The first-order valence-corrected chi connectivity index (χ1v) is 12.5. The van der Waals surface area contributed by atoms with Crippen molar-refractivity contribution >= 4 is 0 Å². The minimum absolute atomic E-state index is 0. The van der Waals surface area contributed by atoms with Gasteiger partial charge in [0.1, 0.15) is 0 Å². The van der Waals surface area contributed by atoms with Crippen molar-refractivity contribution in [3.63, 3.8) is 0 Å². The highest BCUT2D eigenvalue weighted by Crippen LogP contribution is 2.30. The predicted octanol–water partition coefficient (Wildman–Crippen LogP) is 7.63. The normalized spacial score (nSPS) is 12.6. The zero-order chi connectivity index (χ0) is 20.5. The maximum absolute atomic E-state index is 6.83. The van der Waals surface area contributed by atoms with E-state index in [0.717, 1.165) is 19.3 Å². The summed E-state index contributed by atoms with van der Waals surface area (Å²) in [5.41, 5.74) is 8.27. The van der Waals surface area contributed by atoms with E-state index in [1.807, 2.05) is 0 Å². The van der Waals surface area contributed by atoms with E-state index in [1.54, 1.807) is 0 Å². The second-order valence-corrected chi connectivity index (χ2v) is 9.00. The Balaban J connectivity index is 0.00000784. The van der Waals surface area contributed by atoms with Crippen LogP contribution < -0.4 is 5.73 Å².